The van der Waals surface area contributed by atoms with E-state index in [4.69, 9.17) is 4.74 Å². The summed E-state index contributed by atoms with van der Waals surface area (Å²) in [6, 6.07) is 8.43. The first-order valence-electron chi connectivity index (χ1n) is 5.02. The Labute approximate surface area is 86.3 Å². The molecular formula is C12H19NO. The molecule has 0 aliphatic heterocycles. The third-order valence-electron chi connectivity index (χ3n) is 2.41. The van der Waals surface area contributed by atoms with Crippen molar-refractivity contribution in [3.63, 3.8) is 0 Å². The molecule has 14 heavy (non-hydrogen) atoms. The van der Waals surface area contributed by atoms with Crippen LogP contribution in [0, 0.1) is 6.92 Å². The Morgan fingerprint density at radius 1 is 1.36 bits per heavy atom. The summed E-state index contributed by atoms with van der Waals surface area (Å²) in [4.78, 5) is 0. The Morgan fingerprint density at radius 3 is 2.71 bits per heavy atom. The molecule has 0 amide bonds. The van der Waals surface area contributed by atoms with Crippen LogP contribution in [0.2, 0.25) is 0 Å². The summed E-state index contributed by atoms with van der Waals surface area (Å²) in [6.07, 6.45) is 0.277. The Hall–Kier alpha value is -0.860. The molecule has 0 fully saturated rings. The zero-order chi connectivity index (χ0) is 10.4. The summed E-state index contributed by atoms with van der Waals surface area (Å²) in [7, 11) is 1.74. The monoisotopic (exact) mass is 193 g/mol. The van der Waals surface area contributed by atoms with Gasteiger partial charge in [-0.1, -0.05) is 24.3 Å². The molecule has 1 unspecified atom stereocenters. The van der Waals surface area contributed by atoms with Crippen molar-refractivity contribution < 1.29 is 4.74 Å². The van der Waals surface area contributed by atoms with Gasteiger partial charge >= 0.3 is 0 Å². The predicted molar refractivity (Wildman–Crippen MR) is 59.4 cm³/mol. The van der Waals surface area contributed by atoms with E-state index in [2.05, 4.69) is 43.4 Å². The van der Waals surface area contributed by atoms with Gasteiger partial charge in [-0.05, 0) is 25.0 Å². The predicted octanol–water partition coefficient (Wildman–Crippen LogP) is 2.12. The van der Waals surface area contributed by atoms with Crippen molar-refractivity contribution in [2.75, 3.05) is 13.7 Å². The summed E-state index contributed by atoms with van der Waals surface area (Å²) in [5, 5.41) is 3.37. The fraction of sp³-hybridized carbons (Fsp3) is 0.500. The third kappa shape index (κ3) is 3.48. The zero-order valence-corrected chi connectivity index (χ0v) is 9.21. The average molecular weight is 193 g/mol. The molecule has 2 heteroatoms. The smallest absolute Gasteiger partial charge is 0.0667 e. The van der Waals surface area contributed by atoms with Gasteiger partial charge in [-0.2, -0.15) is 0 Å². The zero-order valence-electron chi connectivity index (χ0n) is 9.21. The van der Waals surface area contributed by atoms with Crippen LogP contribution in [0.5, 0.6) is 0 Å². The van der Waals surface area contributed by atoms with Crippen molar-refractivity contribution in [2.24, 2.45) is 0 Å². The molecule has 1 rings (SSSR count). The first kappa shape index (κ1) is 11.2. The number of hydrogen-bond donors (Lipinski definition) is 1. The molecule has 1 N–H and O–H groups in total. The molecule has 0 spiro atoms. The SMILES string of the molecule is COC(C)CNCc1ccccc1C. The molecule has 1 atom stereocenters. The van der Waals surface area contributed by atoms with E-state index in [-0.39, 0.29) is 6.10 Å². The second kappa shape index (κ2) is 5.78. The molecular weight excluding hydrogens is 174 g/mol. The lowest BCUT2D eigenvalue weighted by molar-refractivity contribution is 0.117. The van der Waals surface area contributed by atoms with E-state index in [1.165, 1.54) is 11.1 Å². The number of nitrogens with one attached hydrogen (secondary N) is 1. The van der Waals surface area contributed by atoms with Gasteiger partial charge in [0.1, 0.15) is 0 Å². The van der Waals surface area contributed by atoms with Gasteiger partial charge in [0.25, 0.3) is 0 Å². The first-order chi connectivity index (χ1) is 6.74. The highest BCUT2D eigenvalue weighted by molar-refractivity contribution is 5.25. The van der Waals surface area contributed by atoms with Crippen molar-refractivity contribution in [2.45, 2.75) is 26.5 Å². The average Bonchev–Trinajstić information content (AvgIpc) is 2.20. The Morgan fingerprint density at radius 2 is 2.07 bits per heavy atom. The number of methoxy groups -OCH3 is 1. The molecule has 78 valence electrons. The van der Waals surface area contributed by atoms with Gasteiger partial charge in [-0.15, -0.1) is 0 Å². The van der Waals surface area contributed by atoms with Crippen LogP contribution in [0.3, 0.4) is 0 Å². The molecule has 0 saturated heterocycles. The van der Waals surface area contributed by atoms with Gasteiger partial charge in [0.05, 0.1) is 6.10 Å². The second-order valence-electron chi connectivity index (χ2n) is 3.60. The van der Waals surface area contributed by atoms with Gasteiger partial charge in [-0.25, -0.2) is 0 Å². The molecule has 0 aliphatic rings. The van der Waals surface area contributed by atoms with Crippen LogP contribution >= 0.6 is 0 Å². The second-order valence-corrected chi connectivity index (χ2v) is 3.60. The number of hydrogen-bond acceptors (Lipinski definition) is 2. The van der Waals surface area contributed by atoms with Crippen LogP contribution in [-0.4, -0.2) is 19.8 Å². The van der Waals surface area contributed by atoms with Crippen molar-refractivity contribution in [3.05, 3.63) is 35.4 Å². The molecule has 0 radical (unpaired) electrons. The number of ether oxygens (including phenoxy) is 1. The van der Waals surface area contributed by atoms with Gasteiger partial charge in [0.15, 0.2) is 0 Å². The van der Waals surface area contributed by atoms with E-state index in [0.717, 1.165) is 13.1 Å². The van der Waals surface area contributed by atoms with Crippen LogP contribution in [0.25, 0.3) is 0 Å². The first-order valence-corrected chi connectivity index (χ1v) is 5.02. The van der Waals surface area contributed by atoms with Crippen molar-refractivity contribution in [1.82, 2.24) is 5.32 Å². The molecule has 0 bridgehead atoms. The molecule has 1 aromatic carbocycles. The summed E-state index contributed by atoms with van der Waals surface area (Å²) in [5.41, 5.74) is 2.70. The molecule has 0 saturated carbocycles. The maximum atomic E-state index is 5.16. The maximum Gasteiger partial charge on any atom is 0.0667 e. The van der Waals surface area contributed by atoms with Crippen molar-refractivity contribution in [3.8, 4) is 0 Å². The number of aryl methyl sites for hydroxylation is 1. The highest BCUT2D eigenvalue weighted by Gasteiger charge is 1.99. The van der Waals surface area contributed by atoms with E-state index in [0.29, 0.717) is 0 Å². The normalized spacial score (nSPS) is 12.8. The molecule has 2 nitrogen and oxygen atoms in total. The van der Waals surface area contributed by atoms with E-state index < -0.39 is 0 Å². The maximum absolute atomic E-state index is 5.16. The minimum absolute atomic E-state index is 0.277. The lowest BCUT2D eigenvalue weighted by Gasteiger charge is -2.11. The Balaban J connectivity index is 2.35. The summed E-state index contributed by atoms with van der Waals surface area (Å²) in [6.45, 7) is 6.01. The van der Waals surface area contributed by atoms with Gasteiger partial charge < -0.3 is 10.1 Å². The topological polar surface area (TPSA) is 21.3 Å². The fourth-order valence-electron chi connectivity index (χ4n) is 1.30. The van der Waals surface area contributed by atoms with Gasteiger partial charge in [0.2, 0.25) is 0 Å². The van der Waals surface area contributed by atoms with E-state index in [1.54, 1.807) is 7.11 Å². The van der Waals surface area contributed by atoms with Crippen molar-refractivity contribution in [1.29, 1.82) is 0 Å². The Kier molecular flexibility index (Phi) is 4.63. The van der Waals surface area contributed by atoms with Crippen LogP contribution in [-0.2, 0) is 11.3 Å². The van der Waals surface area contributed by atoms with Crippen LogP contribution in [0.1, 0.15) is 18.1 Å². The van der Waals surface area contributed by atoms with Crippen molar-refractivity contribution >= 4 is 0 Å². The lowest BCUT2D eigenvalue weighted by Crippen LogP contribution is -2.25. The summed E-state index contributed by atoms with van der Waals surface area (Å²) in [5.74, 6) is 0. The summed E-state index contributed by atoms with van der Waals surface area (Å²) >= 11 is 0. The molecule has 1 aromatic rings. The highest BCUT2D eigenvalue weighted by atomic mass is 16.5. The van der Waals surface area contributed by atoms with E-state index in [1.807, 2.05) is 0 Å². The van der Waals surface area contributed by atoms with E-state index in [9.17, 15) is 0 Å². The van der Waals surface area contributed by atoms with E-state index >= 15 is 0 Å². The van der Waals surface area contributed by atoms with Gasteiger partial charge in [-0.3, -0.25) is 0 Å². The summed E-state index contributed by atoms with van der Waals surface area (Å²) < 4.78 is 5.16. The van der Waals surface area contributed by atoms with Crippen LogP contribution < -0.4 is 5.32 Å². The lowest BCUT2D eigenvalue weighted by atomic mass is 10.1. The largest absolute Gasteiger partial charge is 0.380 e. The minimum Gasteiger partial charge on any atom is -0.380 e. The molecule has 0 aliphatic carbocycles. The van der Waals surface area contributed by atoms with Crippen LogP contribution in [0.15, 0.2) is 24.3 Å². The minimum atomic E-state index is 0.277. The molecule has 0 aromatic heterocycles. The highest BCUT2D eigenvalue weighted by Crippen LogP contribution is 2.05. The van der Waals surface area contributed by atoms with Gasteiger partial charge in [0, 0.05) is 20.2 Å². The third-order valence-corrected chi connectivity index (χ3v) is 2.41. The Bertz CT molecular complexity index is 273. The standard InChI is InChI=1S/C12H19NO/c1-10-6-4-5-7-12(10)9-13-8-11(2)14-3/h4-7,11,13H,8-9H2,1-3H3. The number of benzene rings is 1. The van der Waals surface area contributed by atoms with Crippen LogP contribution in [0.4, 0.5) is 0 Å². The molecule has 0 heterocycles. The fourth-order valence-corrected chi connectivity index (χ4v) is 1.30. The number of rotatable bonds is 5. The quantitative estimate of drug-likeness (QED) is 0.773.